The summed E-state index contributed by atoms with van der Waals surface area (Å²) in [6, 6.07) is 0. The van der Waals surface area contributed by atoms with E-state index in [1.54, 1.807) is 0 Å². The van der Waals surface area contributed by atoms with Crippen LogP contribution in [0.3, 0.4) is 0 Å². The van der Waals surface area contributed by atoms with Gasteiger partial charge in [-0.3, -0.25) is 0 Å². The van der Waals surface area contributed by atoms with Gasteiger partial charge in [0.15, 0.2) is 3.77 Å². The highest BCUT2D eigenvalue weighted by Gasteiger charge is 2.07. The van der Waals surface area contributed by atoms with E-state index < -0.39 is 0 Å². The lowest BCUT2D eigenvalue weighted by molar-refractivity contribution is 0.462. The molecule has 54 valence electrons. The lowest BCUT2D eigenvalue weighted by atomic mass is 10.3. The number of aliphatic hydroxyl groups excluding tert-OH is 1. The second-order valence-electron chi connectivity index (χ2n) is 1.51. The van der Waals surface area contributed by atoms with Gasteiger partial charge in [0.05, 0.1) is 3.58 Å². The molecular weight excluding hydrogens is 457 g/mol. The third-order valence-electron chi connectivity index (χ3n) is 0.831. The summed E-state index contributed by atoms with van der Waals surface area (Å²) in [7, 11) is 0. The summed E-state index contributed by atoms with van der Waals surface area (Å²) in [5.74, 6) is 0. The Bertz CT molecular complexity index is 117. The first-order valence-corrected chi connectivity index (χ1v) is 5.88. The smallest absolute Gasteiger partial charge is 0.163 e. The van der Waals surface area contributed by atoms with Gasteiger partial charge >= 0.3 is 0 Å². The van der Waals surface area contributed by atoms with Gasteiger partial charge in [0.25, 0.3) is 0 Å². The van der Waals surface area contributed by atoms with Crippen LogP contribution < -0.4 is 0 Å². The number of allylic oxidation sites excluding steroid dienone is 1. The number of rotatable bonds is 2. The monoisotopic (exact) mass is 464 g/mol. The van der Waals surface area contributed by atoms with Crippen molar-refractivity contribution in [1.29, 1.82) is 0 Å². The van der Waals surface area contributed by atoms with E-state index in [4.69, 9.17) is 5.11 Å². The Morgan fingerprint density at radius 3 is 2.11 bits per heavy atom. The average Bonchev–Trinajstić information content (AvgIpc) is 1.84. The normalized spacial score (nSPS) is 16.9. The second kappa shape index (κ2) is 5.39. The maximum Gasteiger partial charge on any atom is 0.163 e. The molecular formula is C5H7I3O. The van der Waals surface area contributed by atoms with Gasteiger partial charge in [0, 0.05) is 3.92 Å². The predicted molar refractivity (Wildman–Crippen MR) is 65.8 cm³/mol. The molecule has 1 unspecified atom stereocenters. The fourth-order valence-electron chi connectivity index (χ4n) is 0.308. The second-order valence-corrected chi connectivity index (χ2v) is 5.20. The SMILES string of the molecule is CCC(I)C(I)=C(O)I. The Balaban J connectivity index is 4.02. The van der Waals surface area contributed by atoms with Crippen LogP contribution in [0.2, 0.25) is 0 Å². The van der Waals surface area contributed by atoms with Crippen LogP contribution in [-0.2, 0) is 0 Å². The van der Waals surface area contributed by atoms with E-state index in [1.165, 1.54) is 0 Å². The summed E-state index contributed by atoms with van der Waals surface area (Å²) >= 11 is 6.42. The molecule has 4 heteroatoms. The van der Waals surface area contributed by atoms with Crippen LogP contribution in [0, 0.1) is 0 Å². The Labute approximate surface area is 96.1 Å². The standard InChI is InChI=1S/C5H7I3O/c1-2-3(6)4(7)5(8)9/h3,9H,2H2,1H3. The van der Waals surface area contributed by atoms with Crippen molar-refractivity contribution in [3.05, 3.63) is 7.35 Å². The lowest BCUT2D eigenvalue weighted by Crippen LogP contribution is -1.94. The molecule has 0 bridgehead atoms. The van der Waals surface area contributed by atoms with Crippen molar-refractivity contribution < 1.29 is 5.11 Å². The first-order valence-electron chi connectivity index (χ1n) is 2.47. The van der Waals surface area contributed by atoms with Gasteiger partial charge in [0.2, 0.25) is 0 Å². The molecule has 0 aliphatic carbocycles. The van der Waals surface area contributed by atoms with E-state index in [-0.39, 0.29) is 0 Å². The van der Waals surface area contributed by atoms with E-state index in [9.17, 15) is 0 Å². The first-order chi connectivity index (χ1) is 4.09. The van der Waals surface area contributed by atoms with Crippen molar-refractivity contribution in [3.8, 4) is 0 Å². The molecule has 0 aliphatic heterocycles. The molecule has 0 saturated carbocycles. The van der Waals surface area contributed by atoms with Crippen LogP contribution in [0.5, 0.6) is 0 Å². The molecule has 0 aliphatic rings. The zero-order chi connectivity index (χ0) is 7.44. The Hall–Kier alpha value is 1.73. The number of hydrogen-bond donors (Lipinski definition) is 1. The highest BCUT2D eigenvalue weighted by Crippen LogP contribution is 2.27. The van der Waals surface area contributed by atoms with Gasteiger partial charge < -0.3 is 5.11 Å². The number of hydrogen-bond acceptors (Lipinski definition) is 1. The molecule has 0 amide bonds. The third-order valence-corrected chi connectivity index (χ3v) is 6.40. The minimum atomic E-state index is 0.425. The van der Waals surface area contributed by atoms with E-state index in [1.807, 2.05) is 22.6 Å². The maximum atomic E-state index is 8.98. The molecule has 0 aromatic carbocycles. The van der Waals surface area contributed by atoms with Crippen molar-refractivity contribution in [2.24, 2.45) is 0 Å². The Morgan fingerprint density at radius 2 is 2.00 bits per heavy atom. The Kier molecular flexibility index (Phi) is 6.43. The van der Waals surface area contributed by atoms with E-state index in [0.29, 0.717) is 7.69 Å². The van der Waals surface area contributed by atoms with E-state index in [2.05, 4.69) is 52.1 Å². The van der Waals surface area contributed by atoms with Crippen LogP contribution in [0.15, 0.2) is 7.35 Å². The van der Waals surface area contributed by atoms with Crippen molar-refractivity contribution in [1.82, 2.24) is 0 Å². The first kappa shape index (κ1) is 10.7. The zero-order valence-electron chi connectivity index (χ0n) is 4.87. The van der Waals surface area contributed by atoms with Crippen molar-refractivity contribution in [2.75, 3.05) is 0 Å². The van der Waals surface area contributed by atoms with Crippen LogP contribution in [0.1, 0.15) is 13.3 Å². The quantitative estimate of drug-likeness (QED) is 0.375. The van der Waals surface area contributed by atoms with Gasteiger partial charge in [-0.1, -0.05) is 29.5 Å². The molecule has 0 heterocycles. The van der Waals surface area contributed by atoms with E-state index >= 15 is 0 Å². The number of halogens is 3. The van der Waals surface area contributed by atoms with Crippen LogP contribution in [-0.4, -0.2) is 9.03 Å². The maximum absolute atomic E-state index is 8.98. The molecule has 0 spiro atoms. The van der Waals surface area contributed by atoms with Gasteiger partial charge in [-0.25, -0.2) is 0 Å². The number of alkyl halides is 1. The van der Waals surface area contributed by atoms with Gasteiger partial charge in [0.1, 0.15) is 0 Å². The molecule has 0 saturated heterocycles. The Morgan fingerprint density at radius 1 is 1.56 bits per heavy atom. The fourth-order valence-corrected chi connectivity index (χ4v) is 2.02. The molecule has 0 fully saturated rings. The summed E-state index contributed by atoms with van der Waals surface area (Å²) in [6.07, 6.45) is 1.08. The summed E-state index contributed by atoms with van der Waals surface area (Å²) in [6.45, 7) is 2.11. The van der Waals surface area contributed by atoms with Crippen LogP contribution in [0.25, 0.3) is 0 Å². The molecule has 0 aromatic rings. The largest absolute Gasteiger partial charge is 0.502 e. The highest BCUT2D eigenvalue weighted by molar-refractivity contribution is 14.1. The zero-order valence-corrected chi connectivity index (χ0v) is 11.3. The molecule has 0 radical (unpaired) electrons. The van der Waals surface area contributed by atoms with Gasteiger partial charge in [-0.15, -0.1) is 0 Å². The summed E-state index contributed by atoms with van der Waals surface area (Å²) < 4.78 is 1.95. The third kappa shape index (κ3) is 4.23. The average molecular weight is 464 g/mol. The van der Waals surface area contributed by atoms with Gasteiger partial charge in [-0.05, 0) is 51.6 Å². The highest BCUT2D eigenvalue weighted by atomic mass is 127. The van der Waals surface area contributed by atoms with E-state index in [0.717, 1.165) is 10.0 Å². The van der Waals surface area contributed by atoms with Crippen LogP contribution >= 0.6 is 67.8 Å². The van der Waals surface area contributed by atoms with Crippen LogP contribution in [0.4, 0.5) is 0 Å². The summed E-state index contributed by atoms with van der Waals surface area (Å²) in [5, 5.41) is 8.98. The van der Waals surface area contributed by atoms with Crippen molar-refractivity contribution in [3.63, 3.8) is 0 Å². The molecule has 1 nitrogen and oxygen atoms in total. The summed E-state index contributed by atoms with van der Waals surface area (Å²) in [5.41, 5.74) is 0. The molecule has 1 atom stereocenters. The molecule has 9 heavy (non-hydrogen) atoms. The predicted octanol–water partition coefficient (Wildman–Crippen LogP) is 3.80. The molecule has 0 aromatic heterocycles. The van der Waals surface area contributed by atoms with Crippen molar-refractivity contribution >= 4 is 67.8 Å². The minimum Gasteiger partial charge on any atom is -0.502 e. The van der Waals surface area contributed by atoms with Crippen molar-refractivity contribution in [2.45, 2.75) is 17.3 Å². The number of aliphatic hydroxyl groups is 1. The van der Waals surface area contributed by atoms with Gasteiger partial charge in [-0.2, -0.15) is 0 Å². The molecule has 1 N–H and O–H groups in total. The topological polar surface area (TPSA) is 20.2 Å². The fraction of sp³-hybridized carbons (Fsp3) is 0.600. The summed E-state index contributed by atoms with van der Waals surface area (Å²) in [4.78, 5) is 0. The minimum absolute atomic E-state index is 0.425. The lowest BCUT2D eigenvalue weighted by Gasteiger charge is -2.03. The molecule has 0 rings (SSSR count).